The van der Waals surface area contributed by atoms with Gasteiger partial charge in [0.25, 0.3) is 0 Å². The predicted molar refractivity (Wildman–Crippen MR) is 91.9 cm³/mol. The molecule has 1 aliphatic carbocycles. The molecule has 2 atom stereocenters. The van der Waals surface area contributed by atoms with Gasteiger partial charge in [-0.3, -0.25) is 4.79 Å². The third kappa shape index (κ3) is 8.72. The lowest BCUT2D eigenvalue weighted by Gasteiger charge is -2.30. The van der Waals surface area contributed by atoms with E-state index in [4.69, 9.17) is 4.74 Å². The Labute approximate surface area is 135 Å². The molecule has 0 aromatic heterocycles. The molecule has 2 unspecified atom stereocenters. The molecule has 0 aromatic carbocycles. The molecular formula is C17H33NO2S. The van der Waals surface area contributed by atoms with Crippen molar-refractivity contribution < 1.29 is 9.53 Å². The summed E-state index contributed by atoms with van der Waals surface area (Å²) < 4.78 is 5.42. The Kier molecular flexibility index (Phi) is 8.72. The molecule has 1 aliphatic rings. The topological polar surface area (TPSA) is 38.3 Å². The molecule has 3 nitrogen and oxygen atoms in total. The Morgan fingerprint density at radius 3 is 2.48 bits per heavy atom. The molecule has 0 aromatic rings. The first-order chi connectivity index (χ1) is 9.92. The van der Waals surface area contributed by atoms with Crippen molar-refractivity contribution in [3.63, 3.8) is 0 Å². The summed E-state index contributed by atoms with van der Waals surface area (Å²) in [5, 5.41) is 4.23. The van der Waals surface area contributed by atoms with E-state index in [9.17, 15) is 4.79 Å². The molecule has 1 fully saturated rings. The maximum atomic E-state index is 11.9. The summed E-state index contributed by atoms with van der Waals surface area (Å²) in [4.78, 5) is 11.9. The summed E-state index contributed by atoms with van der Waals surface area (Å²) in [5.41, 5.74) is -0.377. The highest BCUT2D eigenvalue weighted by Gasteiger charge is 2.24. The van der Waals surface area contributed by atoms with Gasteiger partial charge in [-0.2, -0.15) is 0 Å². The van der Waals surface area contributed by atoms with Gasteiger partial charge < -0.3 is 10.1 Å². The Hall–Kier alpha value is -0.220. The lowest BCUT2D eigenvalue weighted by Crippen LogP contribution is -2.40. The highest BCUT2D eigenvalue weighted by molar-refractivity contribution is 8.00. The number of thioether (sulfide) groups is 1. The minimum Gasteiger partial charge on any atom is -0.459 e. The quantitative estimate of drug-likeness (QED) is 0.747. The highest BCUT2D eigenvalue weighted by atomic mass is 32.2. The van der Waals surface area contributed by atoms with E-state index in [1.807, 2.05) is 20.8 Å². The molecule has 0 spiro atoms. The maximum Gasteiger partial charge on any atom is 0.316 e. The summed E-state index contributed by atoms with van der Waals surface area (Å²) in [7, 11) is 0. The molecule has 0 bridgehead atoms. The van der Waals surface area contributed by atoms with Gasteiger partial charge in [0, 0.05) is 11.3 Å². The number of rotatable bonds is 6. The number of nitrogens with one attached hydrogen (secondary N) is 1. The molecule has 124 valence electrons. The van der Waals surface area contributed by atoms with E-state index in [2.05, 4.69) is 12.2 Å². The fraction of sp³-hybridized carbons (Fsp3) is 0.941. The SMILES string of the molecule is CCCNC1CCCCCCC1SCC(=O)OC(C)(C)C. The van der Waals surface area contributed by atoms with Crippen molar-refractivity contribution in [2.45, 2.75) is 89.5 Å². The smallest absolute Gasteiger partial charge is 0.316 e. The fourth-order valence-corrected chi connectivity index (χ4v) is 3.97. The van der Waals surface area contributed by atoms with Gasteiger partial charge in [0.2, 0.25) is 0 Å². The fourth-order valence-electron chi connectivity index (χ4n) is 2.76. The van der Waals surface area contributed by atoms with E-state index >= 15 is 0 Å². The van der Waals surface area contributed by atoms with Crippen LogP contribution >= 0.6 is 11.8 Å². The van der Waals surface area contributed by atoms with Crippen LogP contribution in [0.15, 0.2) is 0 Å². The van der Waals surface area contributed by atoms with Gasteiger partial charge in [-0.05, 0) is 46.6 Å². The standard InChI is InChI=1S/C17H33NO2S/c1-5-12-18-14-10-8-6-7-9-11-15(14)21-13-16(19)20-17(2,3)4/h14-15,18H,5-13H2,1-4H3. The molecule has 0 amide bonds. The minimum absolute atomic E-state index is 0.0798. The van der Waals surface area contributed by atoms with Crippen LogP contribution in [0.4, 0.5) is 0 Å². The van der Waals surface area contributed by atoms with Crippen LogP contribution in [0.25, 0.3) is 0 Å². The highest BCUT2D eigenvalue weighted by Crippen LogP contribution is 2.27. The molecule has 0 aliphatic heterocycles. The third-order valence-corrected chi connectivity index (χ3v) is 5.09. The van der Waals surface area contributed by atoms with Gasteiger partial charge in [-0.15, -0.1) is 11.8 Å². The minimum atomic E-state index is -0.377. The second-order valence-electron chi connectivity index (χ2n) is 6.99. The molecule has 1 rings (SSSR count). The van der Waals surface area contributed by atoms with Crippen LogP contribution in [0.3, 0.4) is 0 Å². The predicted octanol–water partition coefficient (Wildman–Crippen LogP) is 4.15. The maximum absolute atomic E-state index is 11.9. The van der Waals surface area contributed by atoms with Crippen LogP contribution in [0.5, 0.6) is 0 Å². The second-order valence-corrected chi connectivity index (χ2v) is 8.22. The van der Waals surface area contributed by atoms with Crippen molar-refractivity contribution in [3.8, 4) is 0 Å². The zero-order chi connectivity index (χ0) is 15.7. The monoisotopic (exact) mass is 315 g/mol. The van der Waals surface area contributed by atoms with Gasteiger partial charge in [0.15, 0.2) is 0 Å². The number of ether oxygens (including phenoxy) is 1. The zero-order valence-electron chi connectivity index (χ0n) is 14.2. The summed E-state index contributed by atoms with van der Waals surface area (Å²) in [5.74, 6) is 0.399. The largest absolute Gasteiger partial charge is 0.459 e. The molecule has 4 heteroatoms. The van der Waals surface area contributed by atoms with E-state index in [0.717, 1.165) is 6.54 Å². The van der Waals surface area contributed by atoms with E-state index in [1.165, 1.54) is 44.9 Å². The molecule has 0 heterocycles. The van der Waals surface area contributed by atoms with Crippen molar-refractivity contribution in [1.82, 2.24) is 5.32 Å². The van der Waals surface area contributed by atoms with Crippen LogP contribution in [0.1, 0.15) is 72.6 Å². The molecule has 1 saturated carbocycles. The van der Waals surface area contributed by atoms with Gasteiger partial charge >= 0.3 is 5.97 Å². The van der Waals surface area contributed by atoms with Gasteiger partial charge in [-0.25, -0.2) is 0 Å². The van der Waals surface area contributed by atoms with E-state index < -0.39 is 0 Å². The van der Waals surface area contributed by atoms with E-state index in [1.54, 1.807) is 11.8 Å². The number of carbonyl (C=O) groups excluding carboxylic acids is 1. The normalized spacial score (nSPS) is 24.2. The lowest BCUT2D eigenvalue weighted by atomic mass is 9.96. The van der Waals surface area contributed by atoms with Crippen LogP contribution < -0.4 is 5.32 Å². The Morgan fingerprint density at radius 1 is 1.19 bits per heavy atom. The average Bonchev–Trinajstić information content (AvgIpc) is 2.35. The first-order valence-corrected chi connectivity index (χ1v) is 9.54. The number of carbonyl (C=O) groups is 1. The van der Waals surface area contributed by atoms with Gasteiger partial charge in [0.1, 0.15) is 5.60 Å². The summed E-state index contributed by atoms with van der Waals surface area (Å²) in [6, 6.07) is 0.553. The zero-order valence-corrected chi connectivity index (χ0v) is 15.1. The van der Waals surface area contributed by atoms with Gasteiger partial charge in [0.05, 0.1) is 5.75 Å². The molecule has 0 saturated heterocycles. The van der Waals surface area contributed by atoms with E-state index in [0.29, 0.717) is 17.0 Å². The molecule has 1 N–H and O–H groups in total. The van der Waals surface area contributed by atoms with Gasteiger partial charge in [-0.1, -0.05) is 32.6 Å². The van der Waals surface area contributed by atoms with Crippen molar-refractivity contribution in [2.75, 3.05) is 12.3 Å². The summed E-state index contributed by atoms with van der Waals surface area (Å²) in [6.07, 6.45) is 8.92. The first-order valence-electron chi connectivity index (χ1n) is 8.49. The lowest BCUT2D eigenvalue weighted by molar-refractivity contribution is -0.151. The van der Waals surface area contributed by atoms with Crippen LogP contribution in [-0.4, -0.2) is 35.2 Å². The Balaban J connectivity index is 2.46. The number of hydrogen-bond acceptors (Lipinski definition) is 4. The first kappa shape index (κ1) is 18.8. The number of hydrogen-bond donors (Lipinski definition) is 1. The van der Waals surface area contributed by atoms with Crippen LogP contribution in [0.2, 0.25) is 0 Å². The van der Waals surface area contributed by atoms with Crippen molar-refractivity contribution in [2.24, 2.45) is 0 Å². The summed E-state index contributed by atoms with van der Waals surface area (Å²) in [6.45, 7) is 9.07. The molecule has 0 radical (unpaired) electrons. The Bertz CT molecular complexity index is 300. The van der Waals surface area contributed by atoms with Crippen molar-refractivity contribution in [1.29, 1.82) is 0 Å². The average molecular weight is 316 g/mol. The second kappa shape index (κ2) is 9.73. The van der Waals surface area contributed by atoms with Crippen LogP contribution in [-0.2, 0) is 9.53 Å². The molecule has 21 heavy (non-hydrogen) atoms. The summed E-state index contributed by atoms with van der Waals surface area (Å²) >= 11 is 1.79. The van der Waals surface area contributed by atoms with Crippen molar-refractivity contribution >= 4 is 17.7 Å². The third-order valence-electron chi connectivity index (χ3n) is 3.69. The van der Waals surface area contributed by atoms with E-state index in [-0.39, 0.29) is 11.6 Å². The Morgan fingerprint density at radius 2 is 1.86 bits per heavy atom. The molecular weight excluding hydrogens is 282 g/mol. The van der Waals surface area contributed by atoms with Crippen molar-refractivity contribution in [3.05, 3.63) is 0 Å². The number of esters is 1. The van der Waals surface area contributed by atoms with Crippen LogP contribution in [0, 0.1) is 0 Å².